The molecule has 174 valence electrons. The van der Waals surface area contributed by atoms with Crippen LogP contribution >= 0.6 is 0 Å². The third-order valence-corrected chi connectivity index (χ3v) is 4.76. The Morgan fingerprint density at radius 3 is 2.65 bits per heavy atom. The monoisotopic (exact) mass is 462 g/mol. The SMILES string of the molecule is CN(C)C(=O)c1cccc(Oc2nc3c(c(Oc4cc(C(=N)N)ccc4N)n2)NC(=O)CN3)c1. The van der Waals surface area contributed by atoms with Crippen LogP contribution in [-0.4, -0.2) is 53.2 Å². The highest BCUT2D eigenvalue weighted by atomic mass is 16.5. The van der Waals surface area contributed by atoms with Gasteiger partial charge in [-0.1, -0.05) is 6.07 Å². The number of carbonyl (C=O) groups is 2. The van der Waals surface area contributed by atoms with Gasteiger partial charge in [-0.25, -0.2) is 0 Å². The molecule has 0 spiro atoms. The number of ether oxygens (including phenoxy) is 2. The fourth-order valence-electron chi connectivity index (χ4n) is 3.08. The molecule has 12 heteroatoms. The second-order valence-corrected chi connectivity index (χ2v) is 7.53. The fourth-order valence-corrected chi connectivity index (χ4v) is 3.08. The topological polar surface area (TPSA) is 182 Å². The van der Waals surface area contributed by atoms with Gasteiger partial charge in [0, 0.05) is 25.2 Å². The molecule has 2 aromatic carbocycles. The molecule has 0 aliphatic carbocycles. The van der Waals surface area contributed by atoms with Crippen LogP contribution in [0, 0.1) is 5.41 Å². The van der Waals surface area contributed by atoms with Crippen LogP contribution in [0.15, 0.2) is 42.5 Å². The highest BCUT2D eigenvalue weighted by Crippen LogP contribution is 2.38. The number of rotatable bonds is 6. The Bertz CT molecular complexity index is 1310. The van der Waals surface area contributed by atoms with Gasteiger partial charge in [-0.05, 0) is 36.4 Å². The van der Waals surface area contributed by atoms with Crippen molar-refractivity contribution in [1.29, 1.82) is 5.41 Å². The van der Waals surface area contributed by atoms with E-state index >= 15 is 0 Å². The second-order valence-electron chi connectivity index (χ2n) is 7.53. The minimum absolute atomic E-state index is 0.00231. The lowest BCUT2D eigenvalue weighted by Crippen LogP contribution is -2.28. The molecule has 0 fully saturated rings. The predicted molar refractivity (Wildman–Crippen MR) is 126 cm³/mol. The molecule has 2 amide bonds. The number of nitrogens with two attached hydrogens (primary N) is 2. The van der Waals surface area contributed by atoms with E-state index in [0.717, 1.165) is 0 Å². The Morgan fingerprint density at radius 1 is 1.12 bits per heavy atom. The maximum atomic E-state index is 12.3. The molecule has 0 radical (unpaired) electrons. The van der Waals surface area contributed by atoms with E-state index in [0.29, 0.717) is 16.9 Å². The van der Waals surface area contributed by atoms with Gasteiger partial charge in [-0.15, -0.1) is 0 Å². The molecule has 3 aromatic rings. The van der Waals surface area contributed by atoms with Crippen LogP contribution in [0.5, 0.6) is 23.4 Å². The quantitative estimate of drug-likeness (QED) is 0.208. The van der Waals surface area contributed by atoms with E-state index < -0.39 is 0 Å². The first-order chi connectivity index (χ1) is 16.2. The Balaban J connectivity index is 1.72. The van der Waals surface area contributed by atoms with Crippen molar-refractivity contribution in [1.82, 2.24) is 14.9 Å². The molecule has 0 unspecified atom stereocenters. The van der Waals surface area contributed by atoms with Crippen molar-refractivity contribution >= 4 is 34.8 Å². The number of nitrogens with one attached hydrogen (secondary N) is 3. The van der Waals surface area contributed by atoms with Crippen molar-refractivity contribution in [3.63, 3.8) is 0 Å². The number of hydrogen-bond donors (Lipinski definition) is 5. The molecule has 1 aliphatic heterocycles. The molecular weight excluding hydrogens is 440 g/mol. The van der Waals surface area contributed by atoms with Gasteiger partial charge in [-0.3, -0.25) is 15.0 Å². The van der Waals surface area contributed by atoms with Crippen LogP contribution in [-0.2, 0) is 4.79 Å². The Labute approximate surface area is 194 Å². The van der Waals surface area contributed by atoms with E-state index in [1.807, 2.05) is 0 Å². The summed E-state index contributed by atoms with van der Waals surface area (Å²) in [6, 6.07) is 11.1. The average molecular weight is 462 g/mol. The summed E-state index contributed by atoms with van der Waals surface area (Å²) in [4.78, 5) is 34.3. The third-order valence-electron chi connectivity index (χ3n) is 4.76. The minimum Gasteiger partial charge on any atom is -0.435 e. The zero-order valence-electron chi connectivity index (χ0n) is 18.4. The fraction of sp³-hybridized carbons (Fsp3) is 0.136. The predicted octanol–water partition coefficient (Wildman–Crippen LogP) is 1.99. The van der Waals surface area contributed by atoms with Crippen molar-refractivity contribution in [2.75, 3.05) is 37.0 Å². The second kappa shape index (κ2) is 8.94. The van der Waals surface area contributed by atoms with E-state index in [2.05, 4.69) is 20.6 Å². The molecule has 1 aliphatic rings. The van der Waals surface area contributed by atoms with E-state index in [-0.39, 0.29) is 59.0 Å². The summed E-state index contributed by atoms with van der Waals surface area (Å²) in [6.07, 6.45) is 0. The largest absolute Gasteiger partial charge is 0.435 e. The van der Waals surface area contributed by atoms with Crippen LogP contribution in [0.3, 0.4) is 0 Å². The molecule has 0 saturated carbocycles. The standard InChI is InChI=1S/C22H22N8O4/c1-30(2)21(32)12-4-3-5-13(8-12)33-22-28-19-17(27-16(31)10-26-19)20(29-22)34-15-9-11(18(24)25)6-7-14(15)23/h3-9H,10,23H2,1-2H3,(H3,24,25)(H,27,31)(H,26,28,29). The van der Waals surface area contributed by atoms with Crippen LogP contribution in [0.4, 0.5) is 17.2 Å². The highest BCUT2D eigenvalue weighted by molar-refractivity contribution is 6.01. The maximum Gasteiger partial charge on any atom is 0.327 e. The van der Waals surface area contributed by atoms with E-state index in [9.17, 15) is 9.59 Å². The Kier molecular flexibility index (Phi) is 5.87. The maximum absolute atomic E-state index is 12.3. The van der Waals surface area contributed by atoms with E-state index in [1.54, 1.807) is 50.5 Å². The lowest BCUT2D eigenvalue weighted by molar-refractivity contribution is -0.114. The lowest BCUT2D eigenvalue weighted by Gasteiger charge is -2.21. The molecule has 0 atom stereocenters. The molecule has 0 bridgehead atoms. The summed E-state index contributed by atoms with van der Waals surface area (Å²) >= 11 is 0. The third kappa shape index (κ3) is 4.65. The number of fused-ring (bicyclic) bond motifs is 1. The summed E-state index contributed by atoms with van der Waals surface area (Å²) < 4.78 is 11.7. The van der Waals surface area contributed by atoms with Crippen LogP contribution in [0.2, 0.25) is 0 Å². The summed E-state index contributed by atoms with van der Waals surface area (Å²) in [5.41, 5.74) is 12.9. The number of aromatic nitrogens is 2. The normalized spacial score (nSPS) is 12.1. The summed E-state index contributed by atoms with van der Waals surface area (Å²) in [5, 5.41) is 13.2. The van der Waals surface area contributed by atoms with Gasteiger partial charge < -0.3 is 36.5 Å². The van der Waals surface area contributed by atoms with Crippen molar-refractivity contribution in [3.8, 4) is 23.4 Å². The number of anilines is 3. The molecule has 12 nitrogen and oxygen atoms in total. The molecular formula is C22H22N8O4. The number of amides is 2. The summed E-state index contributed by atoms with van der Waals surface area (Å²) in [7, 11) is 3.30. The first kappa shape index (κ1) is 22.3. The Hall–Kier alpha value is -4.87. The van der Waals surface area contributed by atoms with E-state index in [1.165, 1.54) is 11.0 Å². The van der Waals surface area contributed by atoms with Gasteiger partial charge in [0.2, 0.25) is 5.91 Å². The van der Waals surface area contributed by atoms with Gasteiger partial charge in [0.15, 0.2) is 11.6 Å². The van der Waals surface area contributed by atoms with Crippen molar-refractivity contribution in [2.45, 2.75) is 0 Å². The number of carbonyl (C=O) groups excluding carboxylic acids is 2. The van der Waals surface area contributed by atoms with E-state index in [4.69, 9.17) is 26.4 Å². The molecule has 34 heavy (non-hydrogen) atoms. The van der Waals surface area contributed by atoms with Gasteiger partial charge in [0.05, 0.1) is 12.2 Å². The number of nitrogen functional groups attached to an aromatic ring is 2. The first-order valence-corrected chi connectivity index (χ1v) is 10.1. The molecule has 1 aromatic heterocycles. The average Bonchev–Trinajstić information content (AvgIpc) is 2.80. The van der Waals surface area contributed by atoms with Gasteiger partial charge in [0.1, 0.15) is 17.3 Å². The number of amidine groups is 1. The number of nitrogens with zero attached hydrogens (tertiary/aromatic N) is 3. The van der Waals surface area contributed by atoms with Crippen molar-refractivity contribution < 1.29 is 19.1 Å². The zero-order chi connectivity index (χ0) is 24.4. The van der Waals surface area contributed by atoms with Gasteiger partial charge >= 0.3 is 6.01 Å². The van der Waals surface area contributed by atoms with Gasteiger partial charge in [-0.2, -0.15) is 9.97 Å². The number of hydrogen-bond acceptors (Lipinski definition) is 9. The molecule has 7 N–H and O–H groups in total. The molecule has 4 rings (SSSR count). The van der Waals surface area contributed by atoms with Crippen molar-refractivity contribution in [2.24, 2.45) is 5.73 Å². The summed E-state index contributed by atoms with van der Waals surface area (Å²) in [5.74, 6) is 0.0890. The lowest BCUT2D eigenvalue weighted by atomic mass is 10.2. The van der Waals surface area contributed by atoms with Gasteiger partial charge in [0.25, 0.3) is 11.8 Å². The van der Waals surface area contributed by atoms with Crippen LogP contribution in [0.25, 0.3) is 0 Å². The Morgan fingerprint density at radius 2 is 1.91 bits per heavy atom. The zero-order valence-corrected chi connectivity index (χ0v) is 18.4. The van der Waals surface area contributed by atoms with Crippen LogP contribution < -0.4 is 31.6 Å². The van der Waals surface area contributed by atoms with Crippen LogP contribution in [0.1, 0.15) is 15.9 Å². The first-order valence-electron chi connectivity index (χ1n) is 10.1. The minimum atomic E-state index is -0.310. The van der Waals surface area contributed by atoms with Crippen molar-refractivity contribution in [3.05, 3.63) is 53.6 Å². The summed E-state index contributed by atoms with van der Waals surface area (Å²) in [6.45, 7) is -0.00231. The smallest absolute Gasteiger partial charge is 0.327 e. The molecule has 0 saturated heterocycles. The highest BCUT2D eigenvalue weighted by Gasteiger charge is 2.24. The number of benzene rings is 2. The molecule has 2 heterocycles.